The molecule has 0 saturated carbocycles. The number of amidine groups is 1. The van der Waals surface area contributed by atoms with Crippen LogP contribution in [-0.4, -0.2) is 48.5 Å². The highest BCUT2D eigenvalue weighted by molar-refractivity contribution is 7.90. The molecule has 0 radical (unpaired) electrons. The maximum atomic E-state index is 11.7. The number of halogens is 1. The van der Waals surface area contributed by atoms with Crippen molar-refractivity contribution in [3.05, 3.63) is 59.8 Å². The summed E-state index contributed by atoms with van der Waals surface area (Å²) in [4.78, 5) is 10.3. The molecule has 10 heteroatoms. The summed E-state index contributed by atoms with van der Waals surface area (Å²) in [5.41, 5.74) is 2.26. The van der Waals surface area contributed by atoms with Crippen LogP contribution in [0.15, 0.2) is 64.1 Å². The summed E-state index contributed by atoms with van der Waals surface area (Å²) in [7, 11) is -1.49. The number of nitrogens with zero attached hydrogens (tertiary/aromatic N) is 5. The predicted molar refractivity (Wildman–Crippen MR) is 112 cm³/mol. The lowest BCUT2D eigenvalue weighted by atomic mass is 10.2. The number of hydrogen-bond donors (Lipinski definition) is 1. The molecule has 0 unspecified atom stereocenters. The van der Waals surface area contributed by atoms with Crippen LogP contribution in [0.1, 0.15) is 5.56 Å². The second kappa shape index (κ2) is 7.99. The van der Waals surface area contributed by atoms with E-state index in [2.05, 4.69) is 27.1 Å². The van der Waals surface area contributed by atoms with Gasteiger partial charge in [-0.3, -0.25) is 9.67 Å². The molecule has 0 spiro atoms. The van der Waals surface area contributed by atoms with Gasteiger partial charge in [0, 0.05) is 37.5 Å². The number of nitrogens with one attached hydrogen (secondary N) is 1. The molecule has 2 heterocycles. The third-order valence-electron chi connectivity index (χ3n) is 3.97. The van der Waals surface area contributed by atoms with Crippen molar-refractivity contribution in [3.8, 4) is 0 Å². The van der Waals surface area contributed by atoms with E-state index in [1.165, 1.54) is 12.1 Å². The van der Waals surface area contributed by atoms with Crippen LogP contribution in [0.5, 0.6) is 0 Å². The molecule has 28 heavy (non-hydrogen) atoms. The Morgan fingerprint density at radius 1 is 1.43 bits per heavy atom. The minimum atomic E-state index is -3.32. The minimum absolute atomic E-state index is 0.161. The van der Waals surface area contributed by atoms with Gasteiger partial charge < -0.3 is 10.2 Å². The number of aryl methyl sites for hydroxylation is 1. The Bertz CT molecular complexity index is 1100. The zero-order valence-corrected chi connectivity index (χ0v) is 16.9. The SMILES string of the molecule is C=N/C=C(/c1cnn(C)c1)N1C=CN=C(Nc2ccc(S(C)(=O)=O)cc2Cl)C1. The number of hydrogen-bond acceptors (Lipinski definition) is 7. The molecule has 0 saturated heterocycles. The molecule has 8 nitrogen and oxygen atoms in total. The Morgan fingerprint density at radius 3 is 2.82 bits per heavy atom. The van der Waals surface area contributed by atoms with E-state index in [9.17, 15) is 8.42 Å². The average molecular weight is 419 g/mol. The molecule has 0 bridgehead atoms. The van der Waals surface area contributed by atoms with Crippen LogP contribution in [0.3, 0.4) is 0 Å². The van der Waals surface area contributed by atoms with Crippen molar-refractivity contribution in [1.82, 2.24) is 14.7 Å². The van der Waals surface area contributed by atoms with Gasteiger partial charge in [0.05, 0.1) is 40.2 Å². The number of anilines is 1. The van der Waals surface area contributed by atoms with Gasteiger partial charge in [0.15, 0.2) is 9.84 Å². The van der Waals surface area contributed by atoms with E-state index in [1.54, 1.807) is 29.3 Å². The summed E-state index contributed by atoms with van der Waals surface area (Å²) in [5.74, 6) is 0.635. The molecular weight excluding hydrogens is 400 g/mol. The van der Waals surface area contributed by atoms with Crippen LogP contribution in [0.4, 0.5) is 5.69 Å². The van der Waals surface area contributed by atoms with Crippen molar-refractivity contribution < 1.29 is 8.42 Å². The van der Waals surface area contributed by atoms with Gasteiger partial charge in [0.2, 0.25) is 0 Å². The predicted octanol–water partition coefficient (Wildman–Crippen LogP) is 2.77. The highest BCUT2D eigenvalue weighted by atomic mass is 35.5. The van der Waals surface area contributed by atoms with Crippen LogP contribution >= 0.6 is 11.6 Å². The molecule has 0 aliphatic carbocycles. The van der Waals surface area contributed by atoms with E-state index in [-0.39, 0.29) is 4.90 Å². The zero-order valence-electron chi connectivity index (χ0n) is 15.4. The largest absolute Gasteiger partial charge is 0.341 e. The summed E-state index contributed by atoms with van der Waals surface area (Å²) in [6, 6.07) is 4.54. The molecule has 146 valence electrons. The minimum Gasteiger partial charge on any atom is -0.341 e. The van der Waals surface area contributed by atoms with Gasteiger partial charge in [-0.15, -0.1) is 0 Å². The molecule has 1 aromatic heterocycles. The lowest BCUT2D eigenvalue weighted by Gasteiger charge is -2.26. The van der Waals surface area contributed by atoms with Crippen LogP contribution in [0, 0.1) is 0 Å². The Kier molecular flexibility index (Phi) is 5.66. The van der Waals surface area contributed by atoms with E-state index in [4.69, 9.17) is 11.6 Å². The third-order valence-corrected chi connectivity index (χ3v) is 5.39. The first kappa shape index (κ1) is 19.8. The normalized spacial score (nSPS) is 14.8. The molecule has 0 amide bonds. The third kappa shape index (κ3) is 4.49. The Labute approximate surface area is 168 Å². The Balaban J connectivity index is 1.80. The first-order valence-corrected chi connectivity index (χ1v) is 10.5. The van der Waals surface area contributed by atoms with Crippen LogP contribution in [0.25, 0.3) is 5.70 Å². The topological polar surface area (TPSA) is 91.9 Å². The van der Waals surface area contributed by atoms with Gasteiger partial charge in [-0.05, 0) is 24.9 Å². The molecule has 0 atom stereocenters. The average Bonchev–Trinajstić information content (AvgIpc) is 3.07. The zero-order chi connectivity index (χ0) is 20.3. The molecule has 1 aliphatic rings. The first-order chi connectivity index (χ1) is 13.3. The Morgan fingerprint density at radius 2 is 2.21 bits per heavy atom. The fourth-order valence-corrected chi connectivity index (χ4v) is 3.57. The van der Waals surface area contributed by atoms with E-state index in [1.807, 2.05) is 24.3 Å². The molecule has 1 aromatic carbocycles. The van der Waals surface area contributed by atoms with Gasteiger partial charge in [-0.2, -0.15) is 5.10 Å². The monoisotopic (exact) mass is 418 g/mol. The lowest BCUT2D eigenvalue weighted by Crippen LogP contribution is -2.30. The van der Waals surface area contributed by atoms with Gasteiger partial charge >= 0.3 is 0 Å². The second-order valence-corrected chi connectivity index (χ2v) is 8.56. The smallest absolute Gasteiger partial charge is 0.175 e. The first-order valence-electron chi connectivity index (χ1n) is 8.19. The number of aromatic nitrogens is 2. The van der Waals surface area contributed by atoms with E-state index in [0.717, 1.165) is 17.5 Å². The number of sulfone groups is 1. The van der Waals surface area contributed by atoms with Crippen molar-refractivity contribution in [3.63, 3.8) is 0 Å². The van der Waals surface area contributed by atoms with Crippen molar-refractivity contribution in [2.45, 2.75) is 4.90 Å². The van der Waals surface area contributed by atoms with Gasteiger partial charge in [0.25, 0.3) is 0 Å². The molecule has 0 fully saturated rings. The Hall–Kier alpha value is -2.91. The molecule has 1 N–H and O–H groups in total. The second-order valence-electron chi connectivity index (χ2n) is 6.14. The van der Waals surface area contributed by atoms with Crippen molar-refractivity contribution >= 4 is 45.4 Å². The number of rotatable bonds is 5. The lowest BCUT2D eigenvalue weighted by molar-refractivity contribution is 0.598. The summed E-state index contributed by atoms with van der Waals surface area (Å²) in [6.07, 6.45) is 9.88. The summed E-state index contributed by atoms with van der Waals surface area (Å²) in [6.45, 7) is 3.96. The molecule has 3 rings (SSSR count). The standard InChI is InChI=1S/C18H19ClN6O2S/c1-20-10-17(13-9-22-24(2)11-13)25-7-6-21-18(12-25)23-16-5-4-14(8-15(16)19)28(3,26)27/h4-11H,1,12H2,2-3H3,(H,21,23)/b17-10-. The van der Waals surface area contributed by atoms with Crippen molar-refractivity contribution in [2.24, 2.45) is 17.0 Å². The van der Waals surface area contributed by atoms with Crippen molar-refractivity contribution in [2.75, 3.05) is 18.1 Å². The van der Waals surface area contributed by atoms with Crippen LogP contribution in [-0.2, 0) is 16.9 Å². The van der Waals surface area contributed by atoms with Gasteiger partial charge in [-0.1, -0.05) is 11.6 Å². The van der Waals surface area contributed by atoms with Crippen LogP contribution < -0.4 is 5.32 Å². The molecular formula is C18H19ClN6O2S. The van der Waals surface area contributed by atoms with Gasteiger partial charge in [-0.25, -0.2) is 13.4 Å². The van der Waals surface area contributed by atoms with Crippen molar-refractivity contribution in [1.29, 1.82) is 0 Å². The highest BCUT2D eigenvalue weighted by Gasteiger charge is 2.18. The maximum absolute atomic E-state index is 11.7. The van der Waals surface area contributed by atoms with E-state index < -0.39 is 9.84 Å². The maximum Gasteiger partial charge on any atom is 0.175 e. The van der Waals surface area contributed by atoms with E-state index >= 15 is 0 Å². The fraction of sp³-hybridized carbons (Fsp3) is 0.167. The van der Waals surface area contributed by atoms with Gasteiger partial charge in [0.1, 0.15) is 5.84 Å². The van der Waals surface area contributed by atoms with E-state index in [0.29, 0.717) is 23.1 Å². The van der Waals surface area contributed by atoms with Crippen LogP contribution in [0.2, 0.25) is 5.02 Å². The number of aliphatic imine (C=N–C) groups is 2. The summed E-state index contributed by atoms with van der Waals surface area (Å²) in [5, 5.41) is 7.63. The molecule has 2 aromatic rings. The summed E-state index contributed by atoms with van der Waals surface area (Å²) >= 11 is 6.24. The summed E-state index contributed by atoms with van der Waals surface area (Å²) < 4.78 is 25.0. The molecule has 1 aliphatic heterocycles. The fourth-order valence-electron chi connectivity index (χ4n) is 2.63. The highest BCUT2D eigenvalue weighted by Crippen LogP contribution is 2.26. The quantitative estimate of drug-likeness (QED) is 0.754. The number of benzene rings is 1.